The number of halogens is 1. The summed E-state index contributed by atoms with van der Waals surface area (Å²) in [6.45, 7) is 2.33. The van der Waals surface area contributed by atoms with Gasteiger partial charge in [0.2, 0.25) is 0 Å². The van der Waals surface area contributed by atoms with E-state index in [2.05, 4.69) is 10.3 Å². The number of pyridine rings is 1. The number of carbonyl (C=O) groups excluding carboxylic acids is 1. The first-order valence-corrected chi connectivity index (χ1v) is 8.24. The van der Waals surface area contributed by atoms with Crippen molar-refractivity contribution in [2.24, 2.45) is 0 Å². The fourth-order valence-corrected chi connectivity index (χ4v) is 2.56. The predicted octanol–water partition coefficient (Wildman–Crippen LogP) is 3.93. The van der Waals surface area contributed by atoms with Crippen LogP contribution in [0.5, 0.6) is 0 Å². The van der Waals surface area contributed by atoms with Gasteiger partial charge in [-0.2, -0.15) is 0 Å². The smallest absolute Gasteiger partial charge is 0.261 e. The van der Waals surface area contributed by atoms with Crippen LogP contribution < -0.4 is 10.9 Å². The van der Waals surface area contributed by atoms with Gasteiger partial charge >= 0.3 is 0 Å². The molecule has 0 bridgehead atoms. The summed E-state index contributed by atoms with van der Waals surface area (Å²) in [7, 11) is 0. The third kappa shape index (κ3) is 4.17. The summed E-state index contributed by atoms with van der Waals surface area (Å²) in [6, 6.07) is 18.3. The van der Waals surface area contributed by atoms with E-state index >= 15 is 0 Å². The molecule has 126 valence electrons. The van der Waals surface area contributed by atoms with Gasteiger partial charge in [-0.1, -0.05) is 53.6 Å². The van der Waals surface area contributed by atoms with E-state index in [1.54, 1.807) is 24.3 Å². The first kappa shape index (κ1) is 17.0. The molecule has 2 N–H and O–H groups in total. The lowest BCUT2D eigenvalue weighted by molar-refractivity contribution is 0.0949. The Labute approximate surface area is 150 Å². The number of aryl methyl sites for hydroxylation is 1. The molecule has 0 spiro atoms. The zero-order valence-electron chi connectivity index (χ0n) is 13.7. The molecule has 2 aromatic carbocycles. The molecule has 0 saturated heterocycles. The number of rotatable bonds is 4. The van der Waals surface area contributed by atoms with E-state index in [1.165, 1.54) is 0 Å². The number of aromatic amines is 1. The first-order valence-electron chi connectivity index (χ1n) is 7.86. The van der Waals surface area contributed by atoms with Crippen molar-refractivity contribution in [3.8, 4) is 11.3 Å². The quantitative estimate of drug-likeness (QED) is 0.747. The van der Waals surface area contributed by atoms with Crippen LogP contribution in [0.1, 0.15) is 21.5 Å². The summed E-state index contributed by atoms with van der Waals surface area (Å²) in [5.74, 6) is -0.411. The summed E-state index contributed by atoms with van der Waals surface area (Å²) in [5.41, 5.74) is 3.31. The van der Waals surface area contributed by atoms with Crippen LogP contribution in [0.3, 0.4) is 0 Å². The third-order valence-corrected chi connectivity index (χ3v) is 4.13. The fraction of sp³-hybridized carbons (Fsp3) is 0.100. The van der Waals surface area contributed by atoms with Crippen molar-refractivity contribution in [1.29, 1.82) is 0 Å². The average Bonchev–Trinajstić information content (AvgIpc) is 2.61. The Kier molecular flexibility index (Phi) is 5.00. The summed E-state index contributed by atoms with van der Waals surface area (Å²) in [6.07, 6.45) is 0. The second kappa shape index (κ2) is 7.36. The van der Waals surface area contributed by atoms with Gasteiger partial charge < -0.3 is 10.3 Å². The molecule has 0 aliphatic heterocycles. The van der Waals surface area contributed by atoms with Crippen molar-refractivity contribution < 1.29 is 4.79 Å². The number of hydrogen-bond acceptors (Lipinski definition) is 2. The van der Waals surface area contributed by atoms with E-state index in [0.29, 0.717) is 17.3 Å². The molecule has 0 aliphatic carbocycles. The fourth-order valence-electron chi connectivity index (χ4n) is 2.43. The molecule has 3 rings (SSSR count). The molecule has 0 unspecified atom stereocenters. The van der Waals surface area contributed by atoms with Gasteiger partial charge in [0.1, 0.15) is 5.56 Å². The number of benzene rings is 2. The highest BCUT2D eigenvalue weighted by atomic mass is 35.5. The summed E-state index contributed by atoms with van der Waals surface area (Å²) >= 11 is 5.83. The lowest BCUT2D eigenvalue weighted by Crippen LogP contribution is -2.29. The second-order valence-corrected chi connectivity index (χ2v) is 6.23. The van der Waals surface area contributed by atoms with E-state index in [9.17, 15) is 9.59 Å². The lowest BCUT2D eigenvalue weighted by atomic mass is 10.1. The van der Waals surface area contributed by atoms with Crippen molar-refractivity contribution in [3.63, 3.8) is 0 Å². The maximum absolute atomic E-state index is 12.2. The molecule has 0 aliphatic rings. The van der Waals surface area contributed by atoms with Crippen LogP contribution in [0.25, 0.3) is 11.3 Å². The Morgan fingerprint density at radius 1 is 1.00 bits per heavy atom. The van der Waals surface area contributed by atoms with Gasteiger partial charge in [0.05, 0.1) is 0 Å². The van der Waals surface area contributed by atoms with Gasteiger partial charge in [0, 0.05) is 17.3 Å². The molecule has 1 amide bonds. The van der Waals surface area contributed by atoms with Crippen LogP contribution >= 0.6 is 11.6 Å². The van der Waals surface area contributed by atoms with Crippen LogP contribution in [0, 0.1) is 6.92 Å². The molecule has 1 aromatic heterocycles. The molecule has 0 atom stereocenters. The standard InChI is InChI=1S/C20H17ClN2O2/c1-13-2-6-15(7-3-13)18-11-10-17(20(25)23-18)19(24)22-12-14-4-8-16(21)9-5-14/h2-11H,12H2,1H3,(H,22,24)(H,23,25). The lowest BCUT2D eigenvalue weighted by Gasteiger charge is -2.07. The summed E-state index contributed by atoms with van der Waals surface area (Å²) < 4.78 is 0. The number of H-pyrrole nitrogens is 1. The maximum Gasteiger partial charge on any atom is 0.261 e. The van der Waals surface area contributed by atoms with Crippen LogP contribution in [0.2, 0.25) is 5.02 Å². The minimum atomic E-state index is -0.411. The van der Waals surface area contributed by atoms with E-state index < -0.39 is 11.5 Å². The van der Waals surface area contributed by atoms with E-state index in [4.69, 9.17) is 11.6 Å². The van der Waals surface area contributed by atoms with Crippen molar-refractivity contribution >= 4 is 17.5 Å². The van der Waals surface area contributed by atoms with Crippen molar-refractivity contribution in [2.75, 3.05) is 0 Å². The topological polar surface area (TPSA) is 62.0 Å². The monoisotopic (exact) mass is 352 g/mol. The highest BCUT2D eigenvalue weighted by Crippen LogP contribution is 2.16. The third-order valence-electron chi connectivity index (χ3n) is 3.88. The predicted molar refractivity (Wildman–Crippen MR) is 99.9 cm³/mol. The summed E-state index contributed by atoms with van der Waals surface area (Å²) in [5, 5.41) is 3.38. The molecule has 25 heavy (non-hydrogen) atoms. The molecule has 5 heteroatoms. The number of aromatic nitrogens is 1. The molecule has 3 aromatic rings. The molecule has 0 fully saturated rings. The van der Waals surface area contributed by atoms with E-state index in [0.717, 1.165) is 16.7 Å². The average molecular weight is 353 g/mol. The first-order chi connectivity index (χ1) is 12.0. The molecular formula is C20H17ClN2O2. The van der Waals surface area contributed by atoms with Gasteiger partial charge in [0.25, 0.3) is 11.5 Å². The SMILES string of the molecule is Cc1ccc(-c2ccc(C(=O)NCc3ccc(Cl)cc3)c(=O)[nH]2)cc1. The normalized spacial score (nSPS) is 10.5. The maximum atomic E-state index is 12.2. The van der Waals surface area contributed by atoms with Crippen LogP contribution in [0.15, 0.2) is 65.5 Å². The van der Waals surface area contributed by atoms with Crippen molar-refractivity contribution in [2.45, 2.75) is 13.5 Å². The van der Waals surface area contributed by atoms with Gasteiger partial charge in [-0.25, -0.2) is 0 Å². The number of carbonyl (C=O) groups is 1. The van der Waals surface area contributed by atoms with Crippen molar-refractivity contribution in [3.05, 3.63) is 92.7 Å². The van der Waals surface area contributed by atoms with Gasteiger partial charge in [0.15, 0.2) is 0 Å². The molecular weight excluding hydrogens is 336 g/mol. The van der Waals surface area contributed by atoms with Crippen LogP contribution in [-0.2, 0) is 6.54 Å². The van der Waals surface area contributed by atoms with Gasteiger partial charge in [-0.05, 0) is 42.3 Å². The van der Waals surface area contributed by atoms with Gasteiger partial charge in [-0.15, -0.1) is 0 Å². The van der Waals surface area contributed by atoms with E-state index in [-0.39, 0.29) is 5.56 Å². The van der Waals surface area contributed by atoms with Crippen LogP contribution in [-0.4, -0.2) is 10.9 Å². The largest absolute Gasteiger partial charge is 0.348 e. The Morgan fingerprint density at radius 3 is 2.32 bits per heavy atom. The van der Waals surface area contributed by atoms with E-state index in [1.807, 2.05) is 43.3 Å². The molecule has 0 saturated carbocycles. The number of nitrogens with one attached hydrogen (secondary N) is 2. The molecule has 1 heterocycles. The minimum absolute atomic E-state index is 0.0878. The molecule has 4 nitrogen and oxygen atoms in total. The van der Waals surface area contributed by atoms with Crippen LogP contribution in [0.4, 0.5) is 0 Å². The highest BCUT2D eigenvalue weighted by Gasteiger charge is 2.11. The minimum Gasteiger partial charge on any atom is -0.348 e. The second-order valence-electron chi connectivity index (χ2n) is 5.79. The van der Waals surface area contributed by atoms with Gasteiger partial charge in [-0.3, -0.25) is 9.59 Å². The number of amides is 1. The molecule has 0 radical (unpaired) electrons. The Hall–Kier alpha value is -2.85. The van der Waals surface area contributed by atoms with Crippen molar-refractivity contribution in [1.82, 2.24) is 10.3 Å². The Bertz CT molecular complexity index is 945. The zero-order valence-corrected chi connectivity index (χ0v) is 14.4. The Morgan fingerprint density at radius 2 is 1.68 bits per heavy atom. The number of hydrogen-bond donors (Lipinski definition) is 2. The highest BCUT2D eigenvalue weighted by molar-refractivity contribution is 6.30. The Balaban J connectivity index is 1.73. The zero-order chi connectivity index (χ0) is 17.8. The summed E-state index contributed by atoms with van der Waals surface area (Å²) in [4.78, 5) is 27.2.